The first kappa shape index (κ1) is 11.6. The molecule has 0 saturated carbocycles. The molecule has 0 amide bonds. The number of benzene rings is 1. The average Bonchev–Trinajstić information content (AvgIpc) is 2.65. The third kappa shape index (κ3) is 2.45. The predicted octanol–water partition coefficient (Wildman–Crippen LogP) is 1.92. The smallest absolute Gasteiger partial charge is 0.0843 e. The van der Waals surface area contributed by atoms with E-state index < -0.39 is 0 Å². The first-order chi connectivity index (χ1) is 8.22. The Balaban J connectivity index is 2.22. The van der Waals surface area contributed by atoms with Gasteiger partial charge in [-0.3, -0.25) is 9.58 Å². The lowest BCUT2D eigenvalue weighted by molar-refractivity contribution is 0.330. The molecule has 1 aromatic heterocycles. The van der Waals surface area contributed by atoms with Gasteiger partial charge in [-0.05, 0) is 13.1 Å². The molecule has 0 aliphatic rings. The van der Waals surface area contributed by atoms with Crippen LogP contribution in [0, 0.1) is 11.3 Å². The van der Waals surface area contributed by atoms with Crippen molar-refractivity contribution in [3.05, 3.63) is 30.0 Å². The van der Waals surface area contributed by atoms with Gasteiger partial charge in [0.1, 0.15) is 0 Å². The van der Waals surface area contributed by atoms with Crippen LogP contribution in [0.25, 0.3) is 10.9 Å². The minimum atomic E-state index is 0.557. The zero-order valence-electron chi connectivity index (χ0n) is 10.2. The van der Waals surface area contributed by atoms with Gasteiger partial charge < -0.3 is 0 Å². The third-order valence-electron chi connectivity index (χ3n) is 2.86. The zero-order valence-corrected chi connectivity index (χ0v) is 10.2. The molecule has 0 saturated heterocycles. The molecule has 2 rings (SSSR count). The van der Waals surface area contributed by atoms with E-state index in [1.807, 2.05) is 30.9 Å². The molecule has 0 fully saturated rings. The van der Waals surface area contributed by atoms with Gasteiger partial charge in [-0.15, -0.1) is 0 Å². The lowest BCUT2D eigenvalue weighted by atomic mass is 10.2. The van der Waals surface area contributed by atoms with E-state index in [1.54, 1.807) is 0 Å². The fourth-order valence-electron chi connectivity index (χ4n) is 1.98. The molecule has 0 atom stereocenters. The Morgan fingerprint density at radius 3 is 2.94 bits per heavy atom. The third-order valence-corrected chi connectivity index (χ3v) is 2.86. The molecule has 4 heteroatoms. The Hall–Kier alpha value is -1.86. The standard InChI is InChI=1S/C13H16N4/c1-16(9-5-8-14)10-12-11-6-3-4-7-13(11)17(2)15-12/h3-4,6-7H,5,9-10H2,1-2H3. The van der Waals surface area contributed by atoms with Crippen molar-refractivity contribution in [3.8, 4) is 6.07 Å². The second-order valence-electron chi connectivity index (χ2n) is 4.23. The van der Waals surface area contributed by atoms with Crippen LogP contribution in [0.3, 0.4) is 0 Å². The van der Waals surface area contributed by atoms with Gasteiger partial charge in [-0.2, -0.15) is 10.4 Å². The number of nitrogens with zero attached hydrogens (tertiary/aromatic N) is 4. The van der Waals surface area contributed by atoms with Gasteiger partial charge in [-0.25, -0.2) is 0 Å². The van der Waals surface area contributed by atoms with E-state index in [0.717, 1.165) is 24.3 Å². The summed E-state index contributed by atoms with van der Waals surface area (Å²) in [5.41, 5.74) is 2.22. The van der Waals surface area contributed by atoms with Crippen molar-refractivity contribution in [3.63, 3.8) is 0 Å². The van der Waals surface area contributed by atoms with E-state index in [2.05, 4.69) is 28.2 Å². The summed E-state index contributed by atoms with van der Waals surface area (Å²) >= 11 is 0. The summed E-state index contributed by atoms with van der Waals surface area (Å²) in [6, 6.07) is 10.4. The molecule has 2 aromatic rings. The maximum atomic E-state index is 8.56. The zero-order chi connectivity index (χ0) is 12.3. The highest BCUT2D eigenvalue weighted by Gasteiger charge is 2.09. The Morgan fingerprint density at radius 1 is 1.41 bits per heavy atom. The minimum Gasteiger partial charge on any atom is -0.299 e. The molecule has 0 bridgehead atoms. The Labute approximate surface area is 101 Å². The number of fused-ring (bicyclic) bond motifs is 1. The number of para-hydroxylation sites is 1. The summed E-state index contributed by atoms with van der Waals surface area (Å²) in [6.07, 6.45) is 0.557. The molecule has 1 heterocycles. The summed E-state index contributed by atoms with van der Waals surface area (Å²) in [5, 5.41) is 14.3. The maximum absolute atomic E-state index is 8.56. The van der Waals surface area contributed by atoms with E-state index in [-0.39, 0.29) is 0 Å². The van der Waals surface area contributed by atoms with E-state index in [1.165, 1.54) is 5.39 Å². The van der Waals surface area contributed by atoms with Gasteiger partial charge in [-0.1, -0.05) is 18.2 Å². The number of aromatic nitrogens is 2. The highest BCUT2D eigenvalue weighted by molar-refractivity contribution is 5.81. The second-order valence-corrected chi connectivity index (χ2v) is 4.23. The van der Waals surface area contributed by atoms with Crippen LogP contribution in [-0.4, -0.2) is 28.3 Å². The molecule has 0 N–H and O–H groups in total. The Kier molecular flexibility index (Phi) is 3.40. The molecule has 17 heavy (non-hydrogen) atoms. The van der Waals surface area contributed by atoms with E-state index in [9.17, 15) is 0 Å². The van der Waals surface area contributed by atoms with Crippen LogP contribution in [0.5, 0.6) is 0 Å². The number of hydrogen-bond acceptors (Lipinski definition) is 3. The molecule has 0 radical (unpaired) electrons. The van der Waals surface area contributed by atoms with Crippen LogP contribution in [0.15, 0.2) is 24.3 Å². The monoisotopic (exact) mass is 228 g/mol. The van der Waals surface area contributed by atoms with Crippen LogP contribution in [0.1, 0.15) is 12.1 Å². The SMILES string of the molecule is CN(CCC#N)Cc1nn(C)c2ccccc12. The highest BCUT2D eigenvalue weighted by Crippen LogP contribution is 2.18. The van der Waals surface area contributed by atoms with Crippen molar-refractivity contribution in [1.29, 1.82) is 5.26 Å². The summed E-state index contributed by atoms with van der Waals surface area (Å²) in [7, 11) is 3.97. The average molecular weight is 228 g/mol. The van der Waals surface area contributed by atoms with Crippen molar-refractivity contribution in [2.45, 2.75) is 13.0 Å². The largest absolute Gasteiger partial charge is 0.299 e. The van der Waals surface area contributed by atoms with Crippen molar-refractivity contribution >= 4 is 10.9 Å². The van der Waals surface area contributed by atoms with Gasteiger partial charge in [0.05, 0.1) is 17.3 Å². The first-order valence-electron chi connectivity index (χ1n) is 5.68. The van der Waals surface area contributed by atoms with Gasteiger partial charge in [0, 0.05) is 31.9 Å². The number of nitriles is 1. The van der Waals surface area contributed by atoms with E-state index in [0.29, 0.717) is 6.42 Å². The number of rotatable bonds is 4. The van der Waals surface area contributed by atoms with Gasteiger partial charge in [0.2, 0.25) is 0 Å². The molecule has 0 spiro atoms. The topological polar surface area (TPSA) is 44.9 Å². The lowest BCUT2D eigenvalue weighted by Crippen LogP contribution is -2.19. The van der Waals surface area contributed by atoms with Gasteiger partial charge in [0.25, 0.3) is 0 Å². The van der Waals surface area contributed by atoms with Crippen molar-refractivity contribution < 1.29 is 0 Å². The van der Waals surface area contributed by atoms with E-state index >= 15 is 0 Å². The predicted molar refractivity (Wildman–Crippen MR) is 67.3 cm³/mol. The van der Waals surface area contributed by atoms with Crippen molar-refractivity contribution in [2.24, 2.45) is 7.05 Å². The second kappa shape index (κ2) is 4.98. The summed E-state index contributed by atoms with van der Waals surface area (Å²) < 4.78 is 1.91. The Morgan fingerprint density at radius 2 is 2.18 bits per heavy atom. The van der Waals surface area contributed by atoms with Crippen molar-refractivity contribution in [2.75, 3.05) is 13.6 Å². The van der Waals surface area contributed by atoms with Crippen LogP contribution in [0.2, 0.25) is 0 Å². The maximum Gasteiger partial charge on any atom is 0.0843 e. The summed E-state index contributed by atoms with van der Waals surface area (Å²) in [6.45, 7) is 1.56. The van der Waals surface area contributed by atoms with Gasteiger partial charge in [0.15, 0.2) is 0 Å². The molecule has 0 aliphatic carbocycles. The molecule has 0 aliphatic heterocycles. The molecule has 1 aromatic carbocycles. The van der Waals surface area contributed by atoms with Crippen LogP contribution in [0.4, 0.5) is 0 Å². The van der Waals surface area contributed by atoms with Crippen LogP contribution in [-0.2, 0) is 13.6 Å². The molecular weight excluding hydrogens is 212 g/mol. The summed E-state index contributed by atoms with van der Waals surface area (Å²) in [4.78, 5) is 2.12. The Bertz CT molecular complexity index is 550. The molecular formula is C13H16N4. The van der Waals surface area contributed by atoms with Crippen LogP contribution < -0.4 is 0 Å². The van der Waals surface area contributed by atoms with E-state index in [4.69, 9.17) is 5.26 Å². The molecule has 4 nitrogen and oxygen atoms in total. The highest BCUT2D eigenvalue weighted by atomic mass is 15.3. The lowest BCUT2D eigenvalue weighted by Gasteiger charge is -2.12. The van der Waals surface area contributed by atoms with Crippen molar-refractivity contribution in [1.82, 2.24) is 14.7 Å². The molecule has 88 valence electrons. The fraction of sp³-hybridized carbons (Fsp3) is 0.385. The number of aryl methyl sites for hydroxylation is 1. The molecule has 0 unspecified atom stereocenters. The minimum absolute atomic E-state index is 0.557. The summed E-state index contributed by atoms with van der Waals surface area (Å²) in [5.74, 6) is 0. The fourth-order valence-corrected chi connectivity index (χ4v) is 1.98. The van der Waals surface area contributed by atoms with Gasteiger partial charge >= 0.3 is 0 Å². The normalized spacial score (nSPS) is 10.9. The van der Waals surface area contributed by atoms with Crippen LogP contribution >= 0.6 is 0 Å². The number of hydrogen-bond donors (Lipinski definition) is 0. The quantitative estimate of drug-likeness (QED) is 0.803. The first-order valence-corrected chi connectivity index (χ1v) is 5.68.